The molecule has 0 bridgehead atoms. The molecule has 12 heavy (non-hydrogen) atoms. The van der Waals surface area contributed by atoms with Crippen LogP contribution in [0.4, 0.5) is 0 Å². The molecule has 0 unspecified atom stereocenters. The lowest BCUT2D eigenvalue weighted by Crippen LogP contribution is -2.48. The summed E-state index contributed by atoms with van der Waals surface area (Å²) in [6, 6.07) is 0. The van der Waals surface area contributed by atoms with Crippen LogP contribution in [0.1, 0.15) is 0 Å². The topological polar surface area (TPSA) is 21.7 Å². The van der Waals surface area contributed by atoms with Gasteiger partial charge in [0.2, 0.25) is 0 Å². The molecule has 0 saturated carbocycles. The highest BCUT2D eigenvalue weighted by Gasteiger charge is 2.25. The highest BCUT2D eigenvalue weighted by atomic mass is 28.4. The Labute approximate surface area is 75.8 Å². The summed E-state index contributed by atoms with van der Waals surface area (Å²) in [5.41, 5.74) is 0. The van der Waals surface area contributed by atoms with Crippen LogP contribution in [-0.2, 0) is 9.16 Å². The molecule has 0 aromatic rings. The average Bonchev–Trinajstić information content (AvgIpc) is 2.06. The third-order valence-electron chi connectivity index (χ3n) is 2.26. The van der Waals surface area contributed by atoms with Gasteiger partial charge in [-0.25, -0.2) is 0 Å². The summed E-state index contributed by atoms with van der Waals surface area (Å²) in [4.78, 5) is 2.44. The quantitative estimate of drug-likeness (QED) is 0.610. The summed E-state index contributed by atoms with van der Waals surface area (Å²) in [7, 11) is 0.432. The van der Waals surface area contributed by atoms with Crippen LogP contribution in [-0.4, -0.2) is 52.8 Å². The maximum Gasteiger partial charge on any atom is 0.199 e. The maximum atomic E-state index is 5.50. The van der Waals surface area contributed by atoms with Gasteiger partial charge < -0.3 is 9.16 Å². The summed E-state index contributed by atoms with van der Waals surface area (Å²) >= 11 is 0. The second-order valence-corrected chi connectivity index (χ2v) is 8.10. The fraction of sp³-hybridized carbons (Fsp3) is 1.00. The molecule has 3 nitrogen and oxygen atoms in total. The molecule has 1 rings (SSSR count). The number of ether oxygens (including phenoxy) is 1. The van der Waals surface area contributed by atoms with E-state index in [0.717, 1.165) is 32.5 Å². The SMILES string of the molecule is CO[Si](C)(C)CN1CCOCC1. The summed E-state index contributed by atoms with van der Waals surface area (Å²) in [6.45, 7) is 8.41. The largest absolute Gasteiger partial charge is 0.419 e. The van der Waals surface area contributed by atoms with Crippen molar-refractivity contribution in [2.24, 2.45) is 0 Å². The number of rotatable bonds is 3. The minimum atomic E-state index is -1.39. The minimum Gasteiger partial charge on any atom is -0.419 e. The Morgan fingerprint density at radius 1 is 1.33 bits per heavy atom. The fourth-order valence-corrected chi connectivity index (χ4v) is 2.88. The van der Waals surface area contributed by atoms with E-state index in [1.54, 1.807) is 0 Å². The molecule has 72 valence electrons. The van der Waals surface area contributed by atoms with Crippen molar-refractivity contribution in [3.05, 3.63) is 0 Å². The van der Waals surface area contributed by atoms with Crippen molar-refractivity contribution in [3.63, 3.8) is 0 Å². The molecule has 0 aromatic heterocycles. The van der Waals surface area contributed by atoms with Gasteiger partial charge in [0, 0.05) is 26.4 Å². The van der Waals surface area contributed by atoms with Gasteiger partial charge in [0.1, 0.15) is 0 Å². The van der Waals surface area contributed by atoms with E-state index >= 15 is 0 Å². The molecule has 0 spiro atoms. The Balaban J connectivity index is 2.28. The third-order valence-corrected chi connectivity index (χ3v) is 4.57. The average molecular weight is 189 g/mol. The Kier molecular flexibility index (Phi) is 3.70. The molecule has 1 aliphatic rings. The van der Waals surface area contributed by atoms with Gasteiger partial charge in [-0.05, 0) is 13.1 Å². The van der Waals surface area contributed by atoms with Crippen LogP contribution < -0.4 is 0 Å². The fourth-order valence-electron chi connectivity index (χ4n) is 1.36. The lowest BCUT2D eigenvalue weighted by Gasteiger charge is -2.32. The highest BCUT2D eigenvalue weighted by molar-refractivity contribution is 6.71. The van der Waals surface area contributed by atoms with Crippen molar-refractivity contribution in [1.29, 1.82) is 0 Å². The first-order valence-corrected chi connectivity index (χ1v) is 7.61. The first kappa shape index (κ1) is 10.2. The molecule has 0 aliphatic carbocycles. The Morgan fingerprint density at radius 2 is 1.92 bits per heavy atom. The molecular weight excluding hydrogens is 170 g/mol. The first-order valence-electron chi connectivity index (χ1n) is 4.49. The predicted molar refractivity (Wildman–Crippen MR) is 51.8 cm³/mol. The monoisotopic (exact) mass is 189 g/mol. The van der Waals surface area contributed by atoms with E-state index in [2.05, 4.69) is 18.0 Å². The Morgan fingerprint density at radius 3 is 2.42 bits per heavy atom. The number of nitrogens with zero attached hydrogens (tertiary/aromatic N) is 1. The Bertz CT molecular complexity index is 135. The van der Waals surface area contributed by atoms with Gasteiger partial charge in [0.25, 0.3) is 0 Å². The maximum absolute atomic E-state index is 5.50. The van der Waals surface area contributed by atoms with Crippen LogP contribution in [0.3, 0.4) is 0 Å². The summed E-state index contributed by atoms with van der Waals surface area (Å²) in [5, 5.41) is 0. The van der Waals surface area contributed by atoms with Gasteiger partial charge in [-0.2, -0.15) is 0 Å². The summed E-state index contributed by atoms with van der Waals surface area (Å²) < 4.78 is 10.8. The van der Waals surface area contributed by atoms with Crippen molar-refractivity contribution >= 4 is 8.32 Å². The number of hydrogen-bond acceptors (Lipinski definition) is 3. The van der Waals surface area contributed by atoms with Crippen LogP contribution in [0, 0.1) is 0 Å². The lowest BCUT2D eigenvalue weighted by atomic mass is 10.5. The second kappa shape index (κ2) is 4.37. The minimum absolute atomic E-state index is 0.883. The zero-order chi connectivity index (χ0) is 9.03. The number of morpholine rings is 1. The first-order chi connectivity index (χ1) is 5.64. The van der Waals surface area contributed by atoms with Gasteiger partial charge in [-0.1, -0.05) is 0 Å². The molecule has 1 saturated heterocycles. The van der Waals surface area contributed by atoms with Crippen LogP contribution in [0.15, 0.2) is 0 Å². The van der Waals surface area contributed by atoms with Gasteiger partial charge in [0.05, 0.1) is 13.2 Å². The van der Waals surface area contributed by atoms with Crippen molar-refractivity contribution < 1.29 is 9.16 Å². The van der Waals surface area contributed by atoms with E-state index in [1.165, 1.54) is 0 Å². The van der Waals surface area contributed by atoms with E-state index in [0.29, 0.717) is 0 Å². The zero-order valence-electron chi connectivity index (χ0n) is 8.30. The van der Waals surface area contributed by atoms with E-state index in [-0.39, 0.29) is 0 Å². The van der Waals surface area contributed by atoms with Crippen LogP contribution in [0.5, 0.6) is 0 Å². The molecule has 0 aromatic carbocycles. The Hall–Kier alpha value is 0.0969. The summed E-state index contributed by atoms with van der Waals surface area (Å²) in [5.74, 6) is 0. The van der Waals surface area contributed by atoms with E-state index in [1.807, 2.05) is 7.11 Å². The standard InChI is InChI=1S/C8H19NO2Si/c1-10-12(2,3)8-9-4-6-11-7-5-9/h4-8H2,1-3H3. The van der Waals surface area contributed by atoms with E-state index < -0.39 is 8.32 Å². The van der Waals surface area contributed by atoms with Crippen molar-refractivity contribution in [3.8, 4) is 0 Å². The second-order valence-electron chi connectivity index (χ2n) is 3.85. The molecule has 1 fully saturated rings. The van der Waals surface area contributed by atoms with Crippen molar-refractivity contribution in [2.45, 2.75) is 13.1 Å². The predicted octanol–water partition coefficient (Wildman–Crippen LogP) is 0.709. The summed E-state index contributed by atoms with van der Waals surface area (Å²) in [6.07, 6.45) is 1.13. The van der Waals surface area contributed by atoms with Crippen molar-refractivity contribution in [2.75, 3.05) is 39.6 Å². The van der Waals surface area contributed by atoms with E-state index in [4.69, 9.17) is 9.16 Å². The number of hydrogen-bond donors (Lipinski definition) is 0. The molecule has 1 aliphatic heterocycles. The lowest BCUT2D eigenvalue weighted by molar-refractivity contribution is 0.0438. The van der Waals surface area contributed by atoms with Gasteiger partial charge in [-0.15, -0.1) is 0 Å². The van der Waals surface area contributed by atoms with Crippen LogP contribution in [0.25, 0.3) is 0 Å². The normalized spacial score (nSPS) is 21.2. The van der Waals surface area contributed by atoms with Crippen LogP contribution in [0.2, 0.25) is 13.1 Å². The van der Waals surface area contributed by atoms with Gasteiger partial charge in [-0.3, -0.25) is 4.90 Å². The molecule has 0 amide bonds. The van der Waals surface area contributed by atoms with E-state index in [9.17, 15) is 0 Å². The highest BCUT2D eigenvalue weighted by Crippen LogP contribution is 2.07. The molecule has 0 atom stereocenters. The van der Waals surface area contributed by atoms with Crippen LogP contribution >= 0.6 is 0 Å². The smallest absolute Gasteiger partial charge is 0.199 e. The van der Waals surface area contributed by atoms with Gasteiger partial charge in [0.15, 0.2) is 8.32 Å². The zero-order valence-corrected chi connectivity index (χ0v) is 9.30. The molecule has 4 heteroatoms. The third kappa shape index (κ3) is 3.22. The molecule has 1 heterocycles. The molecule has 0 radical (unpaired) electrons. The van der Waals surface area contributed by atoms with Crippen molar-refractivity contribution in [1.82, 2.24) is 4.90 Å². The molecule has 0 N–H and O–H groups in total. The van der Waals surface area contributed by atoms with Gasteiger partial charge >= 0.3 is 0 Å². The molecular formula is C8H19NO2Si.